The van der Waals surface area contributed by atoms with Crippen LogP contribution >= 0.6 is 27.3 Å². The Hall–Kier alpha value is -3.41. The van der Waals surface area contributed by atoms with E-state index in [1.54, 1.807) is 30.5 Å². The summed E-state index contributed by atoms with van der Waals surface area (Å²) in [6.45, 7) is 1.88. The first kappa shape index (κ1) is 22.3. The van der Waals surface area contributed by atoms with Crippen LogP contribution in [-0.4, -0.2) is 23.6 Å². The SMILES string of the molecule is CCOC(=O)c1c(-c2ccc(Br)cc2)csc1NC(=O)/C(C#N)=C/c1ccccc1O. The lowest BCUT2D eigenvalue weighted by molar-refractivity contribution is -0.112. The van der Waals surface area contributed by atoms with Gasteiger partial charge in [0.05, 0.1) is 6.61 Å². The largest absolute Gasteiger partial charge is 0.507 e. The Kier molecular flexibility index (Phi) is 7.23. The molecule has 0 aliphatic heterocycles. The summed E-state index contributed by atoms with van der Waals surface area (Å²) in [7, 11) is 0. The highest BCUT2D eigenvalue weighted by Crippen LogP contribution is 2.37. The first-order valence-electron chi connectivity index (χ1n) is 9.20. The van der Waals surface area contributed by atoms with Gasteiger partial charge in [-0.2, -0.15) is 5.26 Å². The summed E-state index contributed by atoms with van der Waals surface area (Å²) in [5.41, 5.74) is 1.75. The number of hydrogen-bond acceptors (Lipinski definition) is 6. The van der Waals surface area contributed by atoms with Gasteiger partial charge in [-0.1, -0.05) is 46.3 Å². The van der Waals surface area contributed by atoms with Crippen molar-refractivity contribution < 1.29 is 19.4 Å². The number of phenols is 1. The molecule has 31 heavy (non-hydrogen) atoms. The van der Waals surface area contributed by atoms with E-state index >= 15 is 0 Å². The molecule has 0 saturated carbocycles. The van der Waals surface area contributed by atoms with Gasteiger partial charge in [-0.05, 0) is 36.8 Å². The topological polar surface area (TPSA) is 99.4 Å². The smallest absolute Gasteiger partial charge is 0.341 e. The molecule has 0 atom stereocenters. The third-order valence-corrected chi connectivity index (χ3v) is 5.68. The maximum absolute atomic E-state index is 12.7. The van der Waals surface area contributed by atoms with E-state index in [9.17, 15) is 20.0 Å². The second-order valence-corrected chi connectivity index (χ2v) is 8.06. The number of phenolic OH excluding ortho intramolecular Hbond substituents is 1. The Morgan fingerprint density at radius 3 is 2.58 bits per heavy atom. The summed E-state index contributed by atoms with van der Waals surface area (Å²) in [6.07, 6.45) is 1.29. The molecule has 3 aromatic rings. The minimum absolute atomic E-state index is 0.0519. The third kappa shape index (κ3) is 5.20. The van der Waals surface area contributed by atoms with Crippen LogP contribution in [0.15, 0.2) is 64.0 Å². The summed E-state index contributed by atoms with van der Waals surface area (Å²) in [5.74, 6) is -1.32. The number of rotatable bonds is 6. The molecule has 0 spiro atoms. The monoisotopic (exact) mass is 496 g/mol. The highest BCUT2D eigenvalue weighted by molar-refractivity contribution is 9.10. The lowest BCUT2D eigenvalue weighted by Crippen LogP contribution is -2.16. The molecule has 0 fully saturated rings. The molecule has 0 aliphatic rings. The van der Waals surface area contributed by atoms with E-state index in [1.807, 2.05) is 30.3 Å². The molecule has 3 rings (SSSR count). The van der Waals surface area contributed by atoms with Gasteiger partial charge in [0.15, 0.2) is 0 Å². The van der Waals surface area contributed by atoms with Crippen LogP contribution in [0, 0.1) is 11.3 Å². The van der Waals surface area contributed by atoms with Crippen LogP contribution < -0.4 is 5.32 Å². The van der Waals surface area contributed by atoms with Crippen molar-refractivity contribution in [1.29, 1.82) is 5.26 Å². The fourth-order valence-electron chi connectivity index (χ4n) is 2.78. The van der Waals surface area contributed by atoms with Crippen LogP contribution in [0.3, 0.4) is 0 Å². The number of nitrogens with one attached hydrogen (secondary N) is 1. The zero-order valence-corrected chi connectivity index (χ0v) is 18.8. The fourth-order valence-corrected chi connectivity index (χ4v) is 4.00. The van der Waals surface area contributed by atoms with Crippen molar-refractivity contribution in [1.82, 2.24) is 0 Å². The van der Waals surface area contributed by atoms with Gasteiger partial charge in [0.1, 0.15) is 28.0 Å². The van der Waals surface area contributed by atoms with E-state index < -0.39 is 11.9 Å². The molecule has 2 N–H and O–H groups in total. The van der Waals surface area contributed by atoms with Gasteiger partial charge in [0.25, 0.3) is 5.91 Å². The first-order valence-corrected chi connectivity index (χ1v) is 10.9. The van der Waals surface area contributed by atoms with Gasteiger partial charge in [0, 0.05) is 21.0 Å². The summed E-state index contributed by atoms with van der Waals surface area (Å²) in [6, 6.07) is 15.6. The number of esters is 1. The van der Waals surface area contributed by atoms with Crippen molar-refractivity contribution in [2.75, 3.05) is 11.9 Å². The molecule has 2 aromatic carbocycles. The number of carbonyl (C=O) groups is 2. The Labute approximate surface area is 191 Å². The van der Waals surface area contributed by atoms with Crippen molar-refractivity contribution in [3.63, 3.8) is 0 Å². The van der Waals surface area contributed by atoms with Gasteiger partial charge < -0.3 is 15.2 Å². The third-order valence-electron chi connectivity index (χ3n) is 4.25. The van der Waals surface area contributed by atoms with Crippen LogP contribution in [0.5, 0.6) is 5.75 Å². The molecule has 156 valence electrons. The predicted molar refractivity (Wildman–Crippen MR) is 124 cm³/mol. The van der Waals surface area contributed by atoms with Crippen molar-refractivity contribution in [3.8, 4) is 22.9 Å². The molecule has 0 saturated heterocycles. The minimum Gasteiger partial charge on any atom is -0.507 e. The van der Waals surface area contributed by atoms with E-state index in [4.69, 9.17) is 4.74 Å². The van der Waals surface area contributed by atoms with Crippen molar-refractivity contribution >= 4 is 50.2 Å². The van der Waals surface area contributed by atoms with Gasteiger partial charge >= 0.3 is 5.97 Å². The number of halogens is 1. The van der Waals surface area contributed by atoms with Gasteiger partial charge in [-0.25, -0.2) is 4.79 Å². The maximum atomic E-state index is 12.7. The Morgan fingerprint density at radius 1 is 1.23 bits per heavy atom. The van der Waals surface area contributed by atoms with E-state index in [2.05, 4.69) is 21.2 Å². The van der Waals surface area contributed by atoms with E-state index in [-0.39, 0.29) is 28.5 Å². The second kappa shape index (κ2) is 10.1. The van der Waals surface area contributed by atoms with Crippen LogP contribution in [0.2, 0.25) is 0 Å². The summed E-state index contributed by atoms with van der Waals surface area (Å²) in [4.78, 5) is 25.4. The van der Waals surface area contributed by atoms with Gasteiger partial charge in [0.2, 0.25) is 0 Å². The number of nitriles is 1. The normalized spacial score (nSPS) is 10.9. The molecule has 8 heteroatoms. The minimum atomic E-state index is -0.694. The molecule has 0 aliphatic carbocycles. The van der Waals surface area contributed by atoms with Crippen molar-refractivity contribution in [2.24, 2.45) is 0 Å². The maximum Gasteiger partial charge on any atom is 0.341 e. The molecular weight excluding hydrogens is 480 g/mol. The van der Waals surface area contributed by atoms with E-state index in [1.165, 1.54) is 12.1 Å². The molecule has 1 amide bonds. The van der Waals surface area contributed by atoms with Gasteiger partial charge in [-0.15, -0.1) is 11.3 Å². The summed E-state index contributed by atoms with van der Waals surface area (Å²) >= 11 is 4.55. The number of ether oxygens (including phenoxy) is 1. The Balaban J connectivity index is 1.97. The fraction of sp³-hybridized carbons (Fsp3) is 0.0870. The summed E-state index contributed by atoms with van der Waals surface area (Å²) < 4.78 is 6.08. The van der Waals surface area contributed by atoms with Crippen LogP contribution in [0.25, 0.3) is 17.2 Å². The molecule has 0 unspecified atom stereocenters. The lowest BCUT2D eigenvalue weighted by Gasteiger charge is -2.09. The highest BCUT2D eigenvalue weighted by atomic mass is 79.9. The Morgan fingerprint density at radius 2 is 1.94 bits per heavy atom. The Bertz CT molecular complexity index is 1190. The zero-order valence-electron chi connectivity index (χ0n) is 16.4. The number of amides is 1. The van der Waals surface area contributed by atoms with E-state index in [0.717, 1.165) is 21.4 Å². The van der Waals surface area contributed by atoms with Crippen molar-refractivity contribution in [2.45, 2.75) is 6.92 Å². The number of thiophene rings is 1. The highest BCUT2D eigenvalue weighted by Gasteiger charge is 2.24. The second-order valence-electron chi connectivity index (χ2n) is 6.26. The zero-order chi connectivity index (χ0) is 22.4. The lowest BCUT2D eigenvalue weighted by atomic mass is 10.0. The number of carbonyl (C=O) groups excluding carboxylic acids is 2. The number of nitrogens with zero attached hydrogens (tertiary/aromatic N) is 1. The molecule has 0 radical (unpaired) electrons. The first-order chi connectivity index (χ1) is 14.9. The van der Waals surface area contributed by atoms with E-state index in [0.29, 0.717) is 11.1 Å². The average Bonchev–Trinajstić information content (AvgIpc) is 3.17. The standard InChI is InChI=1S/C23H17BrN2O4S/c1-2-30-23(29)20-18(14-7-9-17(24)10-8-14)13-31-22(20)26-21(28)16(12-25)11-15-5-3-4-6-19(15)27/h3-11,13,27H,2H2,1H3,(H,26,28)/b16-11+. The molecule has 6 nitrogen and oxygen atoms in total. The number of hydrogen-bond donors (Lipinski definition) is 2. The molecule has 1 heterocycles. The molecule has 1 aromatic heterocycles. The van der Waals surface area contributed by atoms with Crippen LogP contribution in [-0.2, 0) is 9.53 Å². The summed E-state index contributed by atoms with van der Waals surface area (Å²) in [5, 5.41) is 24.0. The number of benzene rings is 2. The van der Waals surface area contributed by atoms with Crippen LogP contribution in [0.1, 0.15) is 22.8 Å². The number of aromatic hydroxyl groups is 1. The average molecular weight is 497 g/mol. The van der Waals surface area contributed by atoms with Gasteiger partial charge in [-0.3, -0.25) is 4.79 Å². The quantitative estimate of drug-likeness (QED) is 0.262. The molecule has 0 bridgehead atoms. The molecular formula is C23H17BrN2O4S. The number of para-hydroxylation sites is 1. The number of anilines is 1. The van der Waals surface area contributed by atoms with Crippen molar-refractivity contribution in [3.05, 3.63) is 75.1 Å². The van der Waals surface area contributed by atoms with Crippen LogP contribution in [0.4, 0.5) is 5.00 Å². The predicted octanol–water partition coefficient (Wildman–Crippen LogP) is 5.61.